The fourth-order valence-corrected chi connectivity index (χ4v) is 4.60. The second-order valence-corrected chi connectivity index (χ2v) is 8.98. The maximum atomic E-state index is 9.12. The number of hydrogen-bond donors (Lipinski definition) is 3. The molecular formula is C27H32N6O. The number of piperazine rings is 1. The van der Waals surface area contributed by atoms with Crippen molar-refractivity contribution in [1.82, 2.24) is 24.8 Å². The van der Waals surface area contributed by atoms with Gasteiger partial charge in [0.25, 0.3) is 0 Å². The average molecular weight is 457 g/mol. The van der Waals surface area contributed by atoms with Crippen molar-refractivity contribution in [3.63, 3.8) is 0 Å². The van der Waals surface area contributed by atoms with Crippen LogP contribution in [0.15, 0.2) is 67.0 Å². The van der Waals surface area contributed by atoms with Crippen LogP contribution < -0.4 is 5.32 Å². The Kier molecular flexibility index (Phi) is 6.85. The molecule has 1 aliphatic rings. The number of rotatable bonds is 8. The van der Waals surface area contributed by atoms with E-state index in [1.807, 2.05) is 6.07 Å². The molecule has 7 nitrogen and oxygen atoms in total. The number of anilines is 1. The summed E-state index contributed by atoms with van der Waals surface area (Å²) in [6, 6.07) is 21.4. The lowest BCUT2D eigenvalue weighted by molar-refractivity contribution is 0.108. The predicted octanol–water partition coefficient (Wildman–Crippen LogP) is 3.91. The summed E-state index contributed by atoms with van der Waals surface area (Å²) in [6.45, 7) is 8.24. The smallest absolute Gasteiger partial charge is 0.143 e. The van der Waals surface area contributed by atoms with E-state index in [-0.39, 0.29) is 12.6 Å². The third kappa shape index (κ3) is 5.12. The van der Waals surface area contributed by atoms with E-state index in [1.165, 1.54) is 11.1 Å². The Morgan fingerprint density at radius 3 is 2.44 bits per heavy atom. The second kappa shape index (κ2) is 10.3. The van der Waals surface area contributed by atoms with Crippen molar-refractivity contribution >= 4 is 16.9 Å². The summed E-state index contributed by atoms with van der Waals surface area (Å²) in [6.07, 6.45) is 1.60. The lowest BCUT2D eigenvalue weighted by atomic mass is 10.1. The van der Waals surface area contributed by atoms with Crippen molar-refractivity contribution in [2.45, 2.75) is 19.5 Å². The van der Waals surface area contributed by atoms with Gasteiger partial charge >= 0.3 is 0 Å². The van der Waals surface area contributed by atoms with E-state index in [4.69, 9.17) is 5.11 Å². The molecule has 1 atom stereocenters. The molecule has 4 aromatic rings. The van der Waals surface area contributed by atoms with Crippen molar-refractivity contribution in [2.75, 3.05) is 44.6 Å². The zero-order valence-corrected chi connectivity index (χ0v) is 19.6. The minimum Gasteiger partial charge on any atom is -0.395 e. The highest BCUT2D eigenvalue weighted by Crippen LogP contribution is 2.29. The Balaban J connectivity index is 1.28. The molecule has 1 aliphatic heterocycles. The number of fused-ring (bicyclic) bond motifs is 1. The summed E-state index contributed by atoms with van der Waals surface area (Å²) in [5.74, 6) is 0.834. The summed E-state index contributed by atoms with van der Waals surface area (Å²) < 4.78 is 0. The molecule has 1 saturated heterocycles. The van der Waals surface area contributed by atoms with Gasteiger partial charge in [-0.1, -0.05) is 54.6 Å². The first-order valence-corrected chi connectivity index (χ1v) is 12.0. The highest BCUT2D eigenvalue weighted by Gasteiger charge is 2.17. The van der Waals surface area contributed by atoms with Crippen LogP contribution >= 0.6 is 0 Å². The molecule has 5 rings (SSSR count). The van der Waals surface area contributed by atoms with Gasteiger partial charge in [0.15, 0.2) is 0 Å². The Morgan fingerprint density at radius 1 is 0.971 bits per heavy atom. The highest BCUT2D eigenvalue weighted by molar-refractivity contribution is 5.91. The highest BCUT2D eigenvalue weighted by atomic mass is 16.3. The van der Waals surface area contributed by atoms with E-state index in [9.17, 15) is 0 Å². The van der Waals surface area contributed by atoms with Crippen molar-refractivity contribution in [3.05, 3.63) is 78.1 Å². The topological polar surface area (TPSA) is 80.3 Å². The van der Waals surface area contributed by atoms with Crippen LogP contribution in [0.1, 0.15) is 24.1 Å². The number of nitrogens with one attached hydrogen (secondary N) is 2. The van der Waals surface area contributed by atoms with Crippen LogP contribution in [0.2, 0.25) is 0 Å². The monoisotopic (exact) mass is 456 g/mol. The van der Waals surface area contributed by atoms with Gasteiger partial charge in [-0.3, -0.25) is 9.80 Å². The molecule has 0 aliphatic carbocycles. The lowest BCUT2D eigenvalue weighted by Gasteiger charge is -2.34. The third-order valence-corrected chi connectivity index (χ3v) is 6.63. The van der Waals surface area contributed by atoms with Crippen molar-refractivity contribution < 1.29 is 5.11 Å². The normalized spacial score (nSPS) is 16.1. The van der Waals surface area contributed by atoms with E-state index in [0.29, 0.717) is 0 Å². The predicted molar refractivity (Wildman–Crippen MR) is 137 cm³/mol. The maximum absolute atomic E-state index is 9.12. The minimum atomic E-state index is 0.141. The third-order valence-electron chi connectivity index (χ3n) is 6.63. The fourth-order valence-electron chi connectivity index (χ4n) is 4.60. The van der Waals surface area contributed by atoms with Crippen LogP contribution in [0.4, 0.5) is 5.82 Å². The van der Waals surface area contributed by atoms with Crippen molar-refractivity contribution in [1.29, 1.82) is 0 Å². The Labute approximate surface area is 200 Å². The average Bonchev–Trinajstić information content (AvgIpc) is 3.32. The lowest BCUT2D eigenvalue weighted by Crippen LogP contribution is -2.46. The van der Waals surface area contributed by atoms with Gasteiger partial charge in [-0.2, -0.15) is 0 Å². The quantitative estimate of drug-likeness (QED) is 0.373. The molecule has 0 bridgehead atoms. The van der Waals surface area contributed by atoms with Crippen LogP contribution in [-0.2, 0) is 6.54 Å². The van der Waals surface area contributed by atoms with Gasteiger partial charge in [0.2, 0.25) is 0 Å². The number of β-amino-alcohol motifs (C(OH)–C–C–N with tert-alkyl or cyclic N) is 1. The SMILES string of the molecule is C[C@@H](Nc1ncnc2[nH]c(-c3ccc(CN4CCN(CCO)CC4)cc3)cc12)c1ccccc1. The molecule has 0 amide bonds. The van der Waals surface area contributed by atoms with Crippen LogP contribution in [0, 0.1) is 0 Å². The minimum absolute atomic E-state index is 0.141. The first-order valence-electron chi connectivity index (χ1n) is 12.0. The van der Waals surface area contributed by atoms with Gasteiger partial charge in [0.1, 0.15) is 17.8 Å². The number of aliphatic hydroxyl groups excluding tert-OH is 1. The Bertz CT molecular complexity index is 1200. The molecule has 0 unspecified atom stereocenters. The Hall–Kier alpha value is -3.26. The molecule has 0 radical (unpaired) electrons. The summed E-state index contributed by atoms with van der Waals surface area (Å²) in [5.41, 5.74) is 5.54. The molecule has 176 valence electrons. The number of aliphatic hydroxyl groups is 1. The first-order chi connectivity index (χ1) is 16.7. The molecule has 0 saturated carbocycles. The van der Waals surface area contributed by atoms with Gasteiger partial charge in [0.05, 0.1) is 12.0 Å². The number of benzene rings is 2. The molecule has 3 N–H and O–H groups in total. The standard InChI is InChI=1S/C27H32N6O/c1-20(22-5-3-2-4-6-22)30-26-24-17-25(31-27(24)29-19-28-26)23-9-7-21(8-10-23)18-33-13-11-32(12-14-33)15-16-34/h2-10,17,19-20,34H,11-16,18H2,1H3,(H2,28,29,30,31)/t20-/m1/s1. The molecule has 0 spiro atoms. The van der Waals surface area contributed by atoms with Crippen LogP contribution in [0.3, 0.4) is 0 Å². The van der Waals surface area contributed by atoms with Crippen molar-refractivity contribution in [3.8, 4) is 11.3 Å². The molecule has 7 heteroatoms. The van der Waals surface area contributed by atoms with Gasteiger partial charge in [-0.25, -0.2) is 9.97 Å². The molecule has 2 aromatic heterocycles. The fraction of sp³-hybridized carbons (Fsp3) is 0.333. The zero-order valence-electron chi connectivity index (χ0n) is 19.6. The van der Waals surface area contributed by atoms with Crippen LogP contribution in [0.5, 0.6) is 0 Å². The number of H-pyrrole nitrogens is 1. The van der Waals surface area contributed by atoms with Gasteiger partial charge in [0, 0.05) is 51.0 Å². The van der Waals surface area contributed by atoms with E-state index in [2.05, 4.69) is 91.6 Å². The van der Waals surface area contributed by atoms with Gasteiger partial charge in [-0.05, 0) is 29.7 Å². The van der Waals surface area contributed by atoms with E-state index >= 15 is 0 Å². The molecule has 1 fully saturated rings. The Morgan fingerprint density at radius 2 is 1.71 bits per heavy atom. The molecular weight excluding hydrogens is 424 g/mol. The summed E-state index contributed by atoms with van der Waals surface area (Å²) in [7, 11) is 0. The maximum Gasteiger partial charge on any atom is 0.143 e. The van der Waals surface area contributed by atoms with E-state index in [1.54, 1.807) is 6.33 Å². The van der Waals surface area contributed by atoms with Gasteiger partial charge in [-0.15, -0.1) is 0 Å². The second-order valence-electron chi connectivity index (χ2n) is 8.98. The van der Waals surface area contributed by atoms with Crippen LogP contribution in [-0.4, -0.2) is 69.2 Å². The first kappa shape index (κ1) is 22.5. The summed E-state index contributed by atoms with van der Waals surface area (Å²) in [4.78, 5) is 17.2. The van der Waals surface area contributed by atoms with Crippen LogP contribution in [0.25, 0.3) is 22.3 Å². The zero-order chi connectivity index (χ0) is 23.3. The van der Waals surface area contributed by atoms with Crippen molar-refractivity contribution in [2.24, 2.45) is 0 Å². The van der Waals surface area contributed by atoms with E-state index in [0.717, 1.165) is 67.4 Å². The molecule has 2 aromatic carbocycles. The molecule has 3 heterocycles. The number of aromatic nitrogens is 3. The van der Waals surface area contributed by atoms with E-state index < -0.39 is 0 Å². The number of aromatic amines is 1. The number of hydrogen-bond acceptors (Lipinski definition) is 6. The number of nitrogens with zero attached hydrogens (tertiary/aromatic N) is 4. The summed E-state index contributed by atoms with van der Waals surface area (Å²) in [5, 5.41) is 13.6. The molecule has 34 heavy (non-hydrogen) atoms. The largest absolute Gasteiger partial charge is 0.395 e. The van der Waals surface area contributed by atoms with Gasteiger partial charge < -0.3 is 15.4 Å². The summed E-state index contributed by atoms with van der Waals surface area (Å²) >= 11 is 0.